The summed E-state index contributed by atoms with van der Waals surface area (Å²) in [7, 11) is 0. The molecule has 0 aliphatic heterocycles. The van der Waals surface area contributed by atoms with Gasteiger partial charge in [0.2, 0.25) is 5.91 Å². The maximum atomic E-state index is 12.1. The van der Waals surface area contributed by atoms with Crippen LogP contribution in [0.5, 0.6) is 0 Å². The molecule has 6 heteroatoms. The van der Waals surface area contributed by atoms with E-state index in [1.807, 2.05) is 24.0 Å². The first-order valence-electron chi connectivity index (χ1n) is 6.68. The number of nitrogen functional groups attached to an aromatic ring is 1. The number of nitrogens with two attached hydrogens (primary N) is 1. The van der Waals surface area contributed by atoms with E-state index < -0.39 is 0 Å². The lowest BCUT2D eigenvalue weighted by molar-refractivity contribution is -0.117. The predicted molar refractivity (Wildman–Crippen MR) is 84.2 cm³/mol. The summed E-state index contributed by atoms with van der Waals surface area (Å²) in [6.07, 6.45) is 1.62. The quantitative estimate of drug-likeness (QED) is 0.805. The number of hydrogen-bond acceptors (Lipinski definition) is 4. The fourth-order valence-corrected chi connectivity index (χ4v) is 2.10. The molecule has 0 fully saturated rings. The van der Waals surface area contributed by atoms with Gasteiger partial charge in [0.05, 0.1) is 30.7 Å². The molecule has 0 aliphatic rings. The van der Waals surface area contributed by atoms with Crippen molar-refractivity contribution in [2.24, 2.45) is 0 Å². The molecule has 0 unspecified atom stereocenters. The summed E-state index contributed by atoms with van der Waals surface area (Å²) in [5.41, 5.74) is 6.83. The van der Waals surface area contributed by atoms with Gasteiger partial charge in [0.1, 0.15) is 5.76 Å². The Balaban J connectivity index is 1.95. The Morgan fingerprint density at radius 1 is 1.43 bits per heavy atom. The third-order valence-corrected chi connectivity index (χ3v) is 3.30. The van der Waals surface area contributed by atoms with E-state index >= 15 is 0 Å². The second-order valence-corrected chi connectivity index (χ2v) is 5.10. The van der Waals surface area contributed by atoms with Gasteiger partial charge < -0.3 is 15.5 Å². The maximum Gasteiger partial charge on any atom is 0.238 e. The number of nitrogens with one attached hydrogen (secondary N) is 1. The summed E-state index contributed by atoms with van der Waals surface area (Å²) in [6.45, 7) is 3.56. The summed E-state index contributed by atoms with van der Waals surface area (Å²) >= 11 is 5.90. The average Bonchev–Trinajstić information content (AvgIpc) is 2.95. The molecule has 112 valence electrons. The van der Waals surface area contributed by atoms with Crippen molar-refractivity contribution in [3.8, 4) is 0 Å². The number of furan rings is 1. The number of benzene rings is 1. The summed E-state index contributed by atoms with van der Waals surface area (Å²) in [6, 6.07) is 8.70. The van der Waals surface area contributed by atoms with Gasteiger partial charge in [-0.1, -0.05) is 18.5 Å². The van der Waals surface area contributed by atoms with Crippen molar-refractivity contribution in [3.63, 3.8) is 0 Å². The van der Waals surface area contributed by atoms with Gasteiger partial charge in [0, 0.05) is 5.02 Å². The van der Waals surface area contributed by atoms with Gasteiger partial charge in [0.15, 0.2) is 0 Å². The normalized spacial score (nSPS) is 10.8. The van der Waals surface area contributed by atoms with E-state index in [4.69, 9.17) is 21.8 Å². The van der Waals surface area contributed by atoms with Crippen LogP contribution in [0.3, 0.4) is 0 Å². The van der Waals surface area contributed by atoms with Crippen molar-refractivity contribution >= 4 is 28.9 Å². The Morgan fingerprint density at radius 3 is 2.90 bits per heavy atom. The number of nitrogens with zero attached hydrogens (tertiary/aromatic N) is 1. The lowest BCUT2D eigenvalue weighted by atomic mass is 10.2. The first-order chi connectivity index (χ1) is 10.1. The molecular formula is C15H18ClN3O2. The highest BCUT2D eigenvalue weighted by atomic mass is 35.5. The minimum Gasteiger partial charge on any atom is -0.468 e. The third kappa shape index (κ3) is 4.51. The van der Waals surface area contributed by atoms with Crippen LogP contribution < -0.4 is 11.1 Å². The highest BCUT2D eigenvalue weighted by Gasteiger charge is 2.12. The van der Waals surface area contributed by atoms with Crippen molar-refractivity contribution in [3.05, 3.63) is 47.4 Å². The smallest absolute Gasteiger partial charge is 0.238 e. The molecule has 0 saturated carbocycles. The zero-order chi connectivity index (χ0) is 15.2. The molecule has 1 aromatic heterocycles. The molecule has 1 aromatic carbocycles. The van der Waals surface area contributed by atoms with Crippen LogP contribution in [0.15, 0.2) is 41.0 Å². The van der Waals surface area contributed by atoms with E-state index in [1.54, 1.807) is 24.5 Å². The van der Waals surface area contributed by atoms with Crippen LogP contribution in [0.1, 0.15) is 12.7 Å². The molecule has 3 N–H and O–H groups in total. The molecule has 2 aromatic rings. The Morgan fingerprint density at radius 2 is 2.24 bits per heavy atom. The highest BCUT2D eigenvalue weighted by Crippen LogP contribution is 2.22. The third-order valence-electron chi connectivity index (χ3n) is 3.06. The van der Waals surface area contributed by atoms with Crippen LogP contribution in [-0.4, -0.2) is 23.9 Å². The zero-order valence-corrected chi connectivity index (χ0v) is 12.6. The molecular weight excluding hydrogens is 290 g/mol. The Labute approximate surface area is 128 Å². The van der Waals surface area contributed by atoms with E-state index in [1.165, 1.54) is 0 Å². The van der Waals surface area contributed by atoms with Gasteiger partial charge in [-0.2, -0.15) is 0 Å². The fraction of sp³-hybridized carbons (Fsp3) is 0.267. The topological polar surface area (TPSA) is 71.5 Å². The molecule has 0 aliphatic carbocycles. The van der Waals surface area contributed by atoms with Gasteiger partial charge in [-0.05, 0) is 36.9 Å². The molecule has 0 spiro atoms. The lowest BCUT2D eigenvalue weighted by Gasteiger charge is -2.18. The monoisotopic (exact) mass is 307 g/mol. The number of carbonyl (C=O) groups excluding carboxylic acids is 1. The first kappa shape index (κ1) is 15.4. The van der Waals surface area contributed by atoms with E-state index in [9.17, 15) is 4.79 Å². The second-order valence-electron chi connectivity index (χ2n) is 4.66. The summed E-state index contributed by atoms with van der Waals surface area (Å²) in [4.78, 5) is 14.1. The number of amides is 1. The number of likely N-dealkylation sites (N-methyl/N-ethyl adjacent to an activating group) is 1. The van der Waals surface area contributed by atoms with Crippen molar-refractivity contribution in [2.45, 2.75) is 13.5 Å². The SMILES string of the molecule is CCN(CC(=O)Nc1cc(Cl)ccc1N)Cc1ccco1. The molecule has 0 bridgehead atoms. The first-order valence-corrected chi connectivity index (χ1v) is 7.06. The van der Waals surface area contributed by atoms with Crippen molar-refractivity contribution in [1.82, 2.24) is 4.90 Å². The van der Waals surface area contributed by atoms with Crippen LogP contribution in [-0.2, 0) is 11.3 Å². The zero-order valence-electron chi connectivity index (χ0n) is 11.8. The number of carbonyl (C=O) groups is 1. The average molecular weight is 308 g/mol. The molecule has 21 heavy (non-hydrogen) atoms. The Bertz CT molecular complexity index is 599. The van der Waals surface area contributed by atoms with E-state index in [2.05, 4.69) is 5.32 Å². The van der Waals surface area contributed by atoms with Crippen molar-refractivity contribution in [2.75, 3.05) is 24.1 Å². The summed E-state index contributed by atoms with van der Waals surface area (Å²) in [5.74, 6) is 0.685. The largest absolute Gasteiger partial charge is 0.468 e. The Kier molecular flexibility index (Phi) is 5.25. The maximum absolute atomic E-state index is 12.1. The van der Waals surface area contributed by atoms with Gasteiger partial charge in [-0.25, -0.2) is 0 Å². The predicted octanol–water partition coefficient (Wildman–Crippen LogP) is 2.98. The lowest BCUT2D eigenvalue weighted by Crippen LogP contribution is -2.32. The van der Waals surface area contributed by atoms with Crippen molar-refractivity contribution < 1.29 is 9.21 Å². The minimum absolute atomic E-state index is 0.141. The van der Waals surface area contributed by atoms with E-state index in [0.717, 1.165) is 12.3 Å². The van der Waals surface area contributed by atoms with Gasteiger partial charge in [0.25, 0.3) is 0 Å². The van der Waals surface area contributed by atoms with Crippen LogP contribution in [0, 0.1) is 0 Å². The number of hydrogen-bond donors (Lipinski definition) is 2. The van der Waals surface area contributed by atoms with Crippen LogP contribution in [0.25, 0.3) is 0 Å². The Hall–Kier alpha value is -1.98. The van der Waals surface area contributed by atoms with Crippen LogP contribution in [0.2, 0.25) is 5.02 Å². The molecule has 1 amide bonds. The molecule has 5 nitrogen and oxygen atoms in total. The number of rotatable bonds is 6. The van der Waals surface area contributed by atoms with Crippen LogP contribution >= 0.6 is 11.6 Å². The van der Waals surface area contributed by atoms with E-state index in [-0.39, 0.29) is 12.5 Å². The molecule has 0 saturated heterocycles. The molecule has 0 radical (unpaired) electrons. The highest BCUT2D eigenvalue weighted by molar-refractivity contribution is 6.31. The molecule has 0 atom stereocenters. The van der Waals surface area contributed by atoms with Crippen LogP contribution in [0.4, 0.5) is 11.4 Å². The molecule has 1 heterocycles. The van der Waals surface area contributed by atoms with Gasteiger partial charge >= 0.3 is 0 Å². The van der Waals surface area contributed by atoms with Crippen molar-refractivity contribution in [1.29, 1.82) is 0 Å². The van der Waals surface area contributed by atoms with E-state index in [0.29, 0.717) is 22.9 Å². The second kappa shape index (κ2) is 7.15. The standard InChI is InChI=1S/C15H18ClN3O2/c1-2-19(9-12-4-3-7-21-12)10-15(20)18-14-8-11(16)5-6-13(14)17/h3-8H,2,9-10,17H2,1H3,(H,18,20). The summed E-state index contributed by atoms with van der Waals surface area (Å²) in [5, 5.41) is 3.30. The molecule has 2 rings (SSSR count). The van der Waals surface area contributed by atoms with Gasteiger partial charge in [-0.15, -0.1) is 0 Å². The number of halogens is 1. The minimum atomic E-state index is -0.141. The number of anilines is 2. The fourth-order valence-electron chi connectivity index (χ4n) is 1.93. The van der Waals surface area contributed by atoms with Gasteiger partial charge in [-0.3, -0.25) is 9.69 Å². The summed E-state index contributed by atoms with van der Waals surface area (Å²) < 4.78 is 5.29.